The first-order valence-corrected chi connectivity index (χ1v) is 5.61. The van der Waals surface area contributed by atoms with E-state index in [1.165, 1.54) is 0 Å². The summed E-state index contributed by atoms with van der Waals surface area (Å²) in [6.07, 6.45) is 0.124. The molecule has 0 unspecified atom stereocenters. The molecule has 0 radical (unpaired) electrons. The maximum absolute atomic E-state index is 12.2. The Bertz CT molecular complexity index is 695. The van der Waals surface area contributed by atoms with E-state index in [9.17, 15) is 4.79 Å². The van der Waals surface area contributed by atoms with E-state index in [4.69, 9.17) is 16.9 Å². The van der Waals surface area contributed by atoms with Crippen molar-refractivity contribution in [2.45, 2.75) is 20.3 Å². The molecule has 0 fully saturated rings. The molecule has 86 valence electrons. The van der Waals surface area contributed by atoms with Gasteiger partial charge in [0, 0.05) is 21.7 Å². The maximum atomic E-state index is 12.2. The Morgan fingerprint density at radius 2 is 2.12 bits per heavy atom. The lowest BCUT2D eigenvalue weighted by atomic mass is 10.0. The average molecular weight is 247 g/mol. The second kappa shape index (κ2) is 4.23. The predicted octanol–water partition coefficient (Wildman–Crippen LogP) is 2.86. The van der Waals surface area contributed by atoms with Gasteiger partial charge in [-0.15, -0.1) is 0 Å². The number of nitrogens with one attached hydrogen (secondary N) is 1. The lowest BCUT2D eigenvalue weighted by molar-refractivity contribution is 1.11. The maximum Gasteiger partial charge on any atom is 0.193 e. The second-order valence-corrected chi connectivity index (χ2v) is 4.39. The summed E-state index contributed by atoms with van der Waals surface area (Å²) in [7, 11) is 0. The van der Waals surface area contributed by atoms with Gasteiger partial charge in [-0.1, -0.05) is 11.6 Å². The smallest absolute Gasteiger partial charge is 0.193 e. The Hall–Kier alpha value is -1.79. The SMILES string of the molecule is Cc1[nH]c2c(C)c(Cl)ccc2c(=O)c1CC#N. The lowest BCUT2D eigenvalue weighted by Gasteiger charge is -2.08. The standard InChI is InChI=1S/C13H11ClN2O/c1-7-11(14)4-3-10-12(7)16-8(2)9(5-6-15)13(10)17/h3-4H,5H2,1-2H3,(H,16,17). The molecule has 2 aromatic rings. The quantitative estimate of drug-likeness (QED) is 0.841. The number of hydrogen-bond acceptors (Lipinski definition) is 2. The molecule has 0 aliphatic carbocycles. The van der Waals surface area contributed by atoms with Crippen LogP contribution in [0.5, 0.6) is 0 Å². The highest BCUT2D eigenvalue weighted by atomic mass is 35.5. The second-order valence-electron chi connectivity index (χ2n) is 3.99. The highest BCUT2D eigenvalue weighted by Gasteiger charge is 2.11. The molecule has 17 heavy (non-hydrogen) atoms. The third kappa shape index (κ3) is 1.81. The van der Waals surface area contributed by atoms with E-state index in [2.05, 4.69) is 4.98 Å². The van der Waals surface area contributed by atoms with E-state index in [0.29, 0.717) is 16.0 Å². The van der Waals surface area contributed by atoms with Crippen LogP contribution in [0.3, 0.4) is 0 Å². The monoisotopic (exact) mass is 246 g/mol. The Labute approximate surface area is 104 Å². The number of aryl methyl sites for hydroxylation is 2. The summed E-state index contributed by atoms with van der Waals surface area (Å²) in [5, 5.41) is 9.93. The first-order valence-electron chi connectivity index (χ1n) is 5.23. The van der Waals surface area contributed by atoms with Crippen molar-refractivity contribution in [3.63, 3.8) is 0 Å². The fourth-order valence-corrected chi connectivity index (χ4v) is 2.08. The zero-order valence-corrected chi connectivity index (χ0v) is 10.4. The average Bonchev–Trinajstić information content (AvgIpc) is 2.30. The van der Waals surface area contributed by atoms with Gasteiger partial charge in [0.1, 0.15) is 0 Å². The predicted molar refractivity (Wildman–Crippen MR) is 68.4 cm³/mol. The van der Waals surface area contributed by atoms with Crippen LogP contribution in [-0.4, -0.2) is 4.98 Å². The summed E-state index contributed by atoms with van der Waals surface area (Å²) < 4.78 is 0. The molecule has 1 aromatic heterocycles. The van der Waals surface area contributed by atoms with E-state index < -0.39 is 0 Å². The van der Waals surface area contributed by atoms with Gasteiger partial charge in [0.25, 0.3) is 0 Å². The molecule has 4 heteroatoms. The van der Waals surface area contributed by atoms with Crippen LogP contribution in [0.1, 0.15) is 16.8 Å². The Morgan fingerprint density at radius 3 is 2.76 bits per heavy atom. The minimum absolute atomic E-state index is 0.0856. The van der Waals surface area contributed by atoms with Crippen molar-refractivity contribution in [1.29, 1.82) is 5.26 Å². The Morgan fingerprint density at radius 1 is 1.41 bits per heavy atom. The molecular formula is C13H11ClN2O. The molecule has 3 nitrogen and oxygen atoms in total. The number of aromatic amines is 1. The molecule has 1 N–H and O–H groups in total. The van der Waals surface area contributed by atoms with Crippen molar-refractivity contribution >= 4 is 22.5 Å². The van der Waals surface area contributed by atoms with Crippen LogP contribution in [-0.2, 0) is 6.42 Å². The molecule has 0 aliphatic heterocycles. The van der Waals surface area contributed by atoms with Gasteiger partial charge in [0.05, 0.1) is 18.0 Å². The van der Waals surface area contributed by atoms with Crippen molar-refractivity contribution < 1.29 is 0 Å². The first-order chi connectivity index (χ1) is 8.06. The molecule has 0 amide bonds. The number of fused-ring (bicyclic) bond motifs is 1. The Kier molecular flexibility index (Phi) is 2.91. The molecule has 0 bridgehead atoms. The number of hydrogen-bond donors (Lipinski definition) is 1. The minimum Gasteiger partial charge on any atom is -0.358 e. The lowest BCUT2D eigenvalue weighted by Crippen LogP contribution is -2.13. The van der Waals surface area contributed by atoms with E-state index in [0.717, 1.165) is 16.8 Å². The van der Waals surface area contributed by atoms with Crippen molar-refractivity contribution in [3.05, 3.63) is 44.2 Å². The van der Waals surface area contributed by atoms with Crippen LogP contribution >= 0.6 is 11.6 Å². The first kappa shape index (κ1) is 11.7. The molecule has 0 aliphatic rings. The molecule has 1 heterocycles. The number of halogens is 1. The molecule has 0 saturated carbocycles. The number of rotatable bonds is 1. The molecule has 1 aromatic carbocycles. The molecule has 0 saturated heterocycles. The van der Waals surface area contributed by atoms with Crippen LogP contribution < -0.4 is 5.43 Å². The fourth-order valence-electron chi connectivity index (χ4n) is 1.92. The fraction of sp³-hybridized carbons (Fsp3) is 0.231. The highest BCUT2D eigenvalue weighted by Crippen LogP contribution is 2.22. The van der Waals surface area contributed by atoms with Gasteiger partial charge in [0.2, 0.25) is 0 Å². The van der Waals surface area contributed by atoms with E-state index in [1.54, 1.807) is 19.1 Å². The number of nitrogens with zero attached hydrogens (tertiary/aromatic N) is 1. The molecule has 2 rings (SSSR count). The zero-order chi connectivity index (χ0) is 12.6. The summed E-state index contributed by atoms with van der Waals surface area (Å²) in [5.41, 5.74) is 2.78. The van der Waals surface area contributed by atoms with Gasteiger partial charge in [-0.05, 0) is 31.5 Å². The topological polar surface area (TPSA) is 56.6 Å². The van der Waals surface area contributed by atoms with Crippen LogP contribution in [0.4, 0.5) is 0 Å². The number of pyridine rings is 1. The van der Waals surface area contributed by atoms with Gasteiger partial charge in [-0.3, -0.25) is 4.79 Å². The van der Waals surface area contributed by atoms with Crippen molar-refractivity contribution in [2.75, 3.05) is 0 Å². The van der Waals surface area contributed by atoms with E-state index >= 15 is 0 Å². The summed E-state index contributed by atoms with van der Waals surface area (Å²) in [6.45, 7) is 3.66. The Balaban J connectivity index is 2.92. The summed E-state index contributed by atoms with van der Waals surface area (Å²) >= 11 is 6.02. The van der Waals surface area contributed by atoms with Gasteiger partial charge < -0.3 is 4.98 Å². The van der Waals surface area contributed by atoms with Crippen LogP contribution in [0.25, 0.3) is 10.9 Å². The van der Waals surface area contributed by atoms with Crippen molar-refractivity contribution in [3.8, 4) is 6.07 Å². The zero-order valence-electron chi connectivity index (χ0n) is 9.60. The van der Waals surface area contributed by atoms with Gasteiger partial charge in [0.15, 0.2) is 5.43 Å². The van der Waals surface area contributed by atoms with Crippen molar-refractivity contribution in [2.24, 2.45) is 0 Å². The highest BCUT2D eigenvalue weighted by molar-refractivity contribution is 6.32. The molecular weight excluding hydrogens is 236 g/mol. The summed E-state index contributed by atoms with van der Waals surface area (Å²) in [6, 6.07) is 5.42. The van der Waals surface area contributed by atoms with Gasteiger partial charge in [-0.25, -0.2) is 0 Å². The normalized spacial score (nSPS) is 10.5. The molecule has 0 atom stereocenters. The van der Waals surface area contributed by atoms with E-state index in [1.807, 2.05) is 13.0 Å². The van der Waals surface area contributed by atoms with Gasteiger partial charge in [-0.2, -0.15) is 5.26 Å². The van der Waals surface area contributed by atoms with Gasteiger partial charge >= 0.3 is 0 Å². The van der Waals surface area contributed by atoms with E-state index in [-0.39, 0.29) is 11.8 Å². The van der Waals surface area contributed by atoms with Crippen LogP contribution in [0, 0.1) is 25.2 Å². The van der Waals surface area contributed by atoms with Crippen LogP contribution in [0.15, 0.2) is 16.9 Å². The summed E-state index contributed by atoms with van der Waals surface area (Å²) in [4.78, 5) is 15.3. The minimum atomic E-state index is -0.0856. The third-order valence-electron chi connectivity index (χ3n) is 2.94. The third-order valence-corrected chi connectivity index (χ3v) is 3.35. The summed E-state index contributed by atoms with van der Waals surface area (Å²) in [5.74, 6) is 0. The van der Waals surface area contributed by atoms with Crippen molar-refractivity contribution in [1.82, 2.24) is 4.98 Å². The number of benzene rings is 1. The number of nitriles is 1. The molecule has 0 spiro atoms. The van der Waals surface area contributed by atoms with Crippen LogP contribution in [0.2, 0.25) is 5.02 Å². The largest absolute Gasteiger partial charge is 0.358 e. The number of H-pyrrole nitrogens is 1. The number of aromatic nitrogens is 1.